The van der Waals surface area contributed by atoms with Crippen molar-refractivity contribution in [3.05, 3.63) is 71.2 Å². The van der Waals surface area contributed by atoms with E-state index in [2.05, 4.69) is 64.5 Å². The van der Waals surface area contributed by atoms with Crippen molar-refractivity contribution in [1.82, 2.24) is 0 Å². The van der Waals surface area contributed by atoms with Crippen molar-refractivity contribution in [2.24, 2.45) is 0 Å². The predicted octanol–water partition coefficient (Wildman–Crippen LogP) is 5.07. The van der Waals surface area contributed by atoms with Gasteiger partial charge in [0, 0.05) is 4.47 Å². The average Bonchev–Trinajstić information content (AvgIpc) is 2.39. The Balaban J connectivity index is 2.22. The van der Waals surface area contributed by atoms with Gasteiger partial charge in [0.25, 0.3) is 0 Å². The van der Waals surface area contributed by atoms with Gasteiger partial charge in [-0.25, -0.2) is 0 Å². The van der Waals surface area contributed by atoms with E-state index in [0.717, 1.165) is 4.47 Å². The van der Waals surface area contributed by atoms with E-state index < -0.39 is 0 Å². The zero-order valence-corrected chi connectivity index (χ0v) is 10.7. The van der Waals surface area contributed by atoms with Gasteiger partial charge in [-0.3, -0.25) is 0 Å². The van der Waals surface area contributed by atoms with E-state index in [9.17, 15) is 0 Å². The minimum Gasteiger partial charge on any atom is -0.0616 e. The molecule has 0 saturated heterocycles. The van der Waals surface area contributed by atoms with Crippen LogP contribution in [0.4, 0.5) is 0 Å². The smallest absolute Gasteiger partial charge is 0.0253 e. The van der Waals surface area contributed by atoms with Crippen LogP contribution in [0.15, 0.2) is 65.1 Å². The first-order valence-corrected chi connectivity index (χ1v) is 6.29. The van der Waals surface area contributed by atoms with Crippen molar-refractivity contribution in [3.8, 4) is 11.1 Å². The lowest BCUT2D eigenvalue weighted by Crippen LogP contribution is -1.80. The van der Waals surface area contributed by atoms with Gasteiger partial charge in [-0.1, -0.05) is 58.4 Å². The molecule has 0 atom stereocenters. The molecule has 0 nitrogen and oxygen atoms in total. The van der Waals surface area contributed by atoms with Crippen LogP contribution in [-0.4, -0.2) is 0 Å². The maximum atomic E-state index is 3.59. The molecule has 81 valence electrons. The molecule has 0 spiro atoms. The second-order valence-electron chi connectivity index (χ2n) is 3.97. The highest BCUT2D eigenvalue weighted by atomic mass is 79.9. The molecule has 1 heteroatoms. The van der Waals surface area contributed by atoms with E-state index >= 15 is 0 Å². The van der Waals surface area contributed by atoms with Gasteiger partial charge in [0.05, 0.1) is 0 Å². The summed E-state index contributed by atoms with van der Waals surface area (Å²) >= 11 is 3.59. The number of hydrogen-bond donors (Lipinski definition) is 0. The second-order valence-corrected chi connectivity index (χ2v) is 4.82. The Morgan fingerprint density at radius 2 is 1.76 bits per heavy atom. The Kier molecular flexibility index (Phi) is 2.69. The summed E-state index contributed by atoms with van der Waals surface area (Å²) in [6, 6.07) is 23.9. The van der Waals surface area contributed by atoms with Gasteiger partial charge in [0.1, 0.15) is 0 Å². The lowest BCUT2D eigenvalue weighted by molar-refractivity contribution is 1.60. The molecule has 0 fully saturated rings. The Bertz CT molecular complexity index is 671. The van der Waals surface area contributed by atoms with Crippen LogP contribution >= 0.6 is 15.9 Å². The third kappa shape index (κ3) is 1.98. The van der Waals surface area contributed by atoms with Gasteiger partial charge >= 0.3 is 0 Å². The number of hydrogen-bond acceptors (Lipinski definition) is 0. The van der Waals surface area contributed by atoms with Crippen LogP contribution in [0.2, 0.25) is 0 Å². The summed E-state index contributed by atoms with van der Waals surface area (Å²) in [7, 11) is 0. The number of fused-ring (bicyclic) bond motifs is 1. The SMILES string of the molecule is Brc1ccccc1-c1ccc2c[c]ccc2c1. The minimum absolute atomic E-state index is 1.13. The zero-order chi connectivity index (χ0) is 11.7. The van der Waals surface area contributed by atoms with Crippen LogP contribution < -0.4 is 0 Å². The highest BCUT2D eigenvalue weighted by Gasteiger charge is 2.02. The van der Waals surface area contributed by atoms with Gasteiger partial charge in [0.2, 0.25) is 0 Å². The van der Waals surface area contributed by atoms with Crippen LogP contribution in [0.1, 0.15) is 0 Å². The van der Waals surface area contributed by atoms with E-state index in [-0.39, 0.29) is 0 Å². The molecule has 3 aromatic carbocycles. The molecule has 0 aliphatic carbocycles. The van der Waals surface area contributed by atoms with E-state index in [1.807, 2.05) is 18.2 Å². The quantitative estimate of drug-likeness (QED) is 0.584. The summed E-state index contributed by atoms with van der Waals surface area (Å²) in [4.78, 5) is 0. The van der Waals surface area contributed by atoms with E-state index in [4.69, 9.17) is 0 Å². The number of rotatable bonds is 1. The second kappa shape index (κ2) is 4.34. The van der Waals surface area contributed by atoms with Gasteiger partial charge in [-0.2, -0.15) is 0 Å². The maximum absolute atomic E-state index is 3.59. The van der Waals surface area contributed by atoms with E-state index in [1.54, 1.807) is 0 Å². The molecule has 3 rings (SSSR count). The van der Waals surface area contributed by atoms with Crippen molar-refractivity contribution in [2.75, 3.05) is 0 Å². The Morgan fingerprint density at radius 1 is 0.882 bits per heavy atom. The molecule has 0 aliphatic rings. The molecule has 0 N–H and O–H groups in total. The molecule has 3 aromatic rings. The normalized spacial score (nSPS) is 10.6. The van der Waals surface area contributed by atoms with Crippen molar-refractivity contribution in [1.29, 1.82) is 0 Å². The molecule has 0 unspecified atom stereocenters. The molecule has 0 aromatic heterocycles. The van der Waals surface area contributed by atoms with Gasteiger partial charge in [0.15, 0.2) is 0 Å². The topological polar surface area (TPSA) is 0 Å². The molecular formula is C16H10Br. The van der Waals surface area contributed by atoms with Crippen LogP contribution in [0, 0.1) is 6.07 Å². The summed E-state index contributed by atoms with van der Waals surface area (Å²) in [6.45, 7) is 0. The number of halogens is 1. The average molecular weight is 282 g/mol. The standard InChI is InChI=1S/C16H10Br/c17-16-8-4-3-7-15(16)14-10-9-12-5-1-2-6-13(12)11-14/h2-11H. The van der Waals surface area contributed by atoms with Crippen LogP contribution in [0.3, 0.4) is 0 Å². The monoisotopic (exact) mass is 281 g/mol. The lowest BCUT2D eigenvalue weighted by Gasteiger charge is -2.06. The van der Waals surface area contributed by atoms with Gasteiger partial charge in [-0.05, 0) is 46.2 Å². The van der Waals surface area contributed by atoms with Crippen molar-refractivity contribution < 1.29 is 0 Å². The van der Waals surface area contributed by atoms with Gasteiger partial charge in [-0.15, -0.1) is 0 Å². The molecule has 1 radical (unpaired) electrons. The largest absolute Gasteiger partial charge is 0.0616 e. The lowest BCUT2D eigenvalue weighted by atomic mass is 10.0. The maximum Gasteiger partial charge on any atom is 0.0253 e. The highest BCUT2D eigenvalue weighted by molar-refractivity contribution is 9.10. The molecule has 0 saturated carbocycles. The first-order valence-electron chi connectivity index (χ1n) is 5.49. The first-order chi connectivity index (χ1) is 8.34. The Hall–Kier alpha value is -1.60. The summed E-state index contributed by atoms with van der Waals surface area (Å²) in [5, 5.41) is 2.47. The summed E-state index contributed by atoms with van der Waals surface area (Å²) < 4.78 is 1.13. The first kappa shape index (κ1) is 10.5. The summed E-state index contributed by atoms with van der Waals surface area (Å²) in [6.07, 6.45) is 0. The zero-order valence-electron chi connectivity index (χ0n) is 9.15. The van der Waals surface area contributed by atoms with Crippen molar-refractivity contribution in [3.63, 3.8) is 0 Å². The number of benzene rings is 3. The van der Waals surface area contributed by atoms with E-state index in [0.29, 0.717) is 0 Å². The molecule has 0 amide bonds. The summed E-state index contributed by atoms with van der Waals surface area (Å²) in [5.74, 6) is 0. The highest BCUT2D eigenvalue weighted by Crippen LogP contribution is 2.30. The van der Waals surface area contributed by atoms with E-state index in [1.165, 1.54) is 21.9 Å². The fraction of sp³-hybridized carbons (Fsp3) is 0. The Labute approximate surface area is 109 Å². The van der Waals surface area contributed by atoms with Crippen LogP contribution in [0.25, 0.3) is 21.9 Å². The molecule has 17 heavy (non-hydrogen) atoms. The molecule has 0 heterocycles. The summed E-state index contributed by atoms with van der Waals surface area (Å²) in [5.41, 5.74) is 2.46. The third-order valence-corrected chi connectivity index (χ3v) is 3.56. The third-order valence-electron chi connectivity index (χ3n) is 2.87. The van der Waals surface area contributed by atoms with Gasteiger partial charge < -0.3 is 0 Å². The molecular weight excluding hydrogens is 272 g/mol. The van der Waals surface area contributed by atoms with Crippen molar-refractivity contribution in [2.45, 2.75) is 0 Å². The molecule has 0 bridgehead atoms. The fourth-order valence-corrected chi connectivity index (χ4v) is 2.50. The van der Waals surface area contributed by atoms with Crippen molar-refractivity contribution >= 4 is 26.7 Å². The molecule has 0 aliphatic heterocycles. The van der Waals surface area contributed by atoms with Crippen LogP contribution in [-0.2, 0) is 0 Å². The van der Waals surface area contributed by atoms with Crippen LogP contribution in [0.5, 0.6) is 0 Å². The minimum atomic E-state index is 1.13. The predicted molar refractivity (Wildman–Crippen MR) is 75.9 cm³/mol. The Morgan fingerprint density at radius 3 is 2.65 bits per heavy atom. The fourth-order valence-electron chi connectivity index (χ4n) is 1.99.